The molecule has 25 heavy (non-hydrogen) atoms. The molecule has 0 fully saturated rings. The van der Waals surface area contributed by atoms with Crippen LogP contribution in [0.25, 0.3) is 0 Å². The standard InChI is InChI=1S/C18H23ClN4O.HI/c1-3-20-18(21-12-11-14-7-4-5-9-16(14)19)22-13-15-8-6-10-17(23-15)24-2;/h4-10H,3,11-13H2,1-2H3,(H2,20,21,22);1H. The smallest absolute Gasteiger partial charge is 0.213 e. The van der Waals surface area contributed by atoms with E-state index >= 15 is 0 Å². The van der Waals surface area contributed by atoms with Gasteiger partial charge in [0.2, 0.25) is 5.88 Å². The van der Waals surface area contributed by atoms with Gasteiger partial charge in [-0.25, -0.2) is 9.98 Å². The van der Waals surface area contributed by atoms with Crippen LogP contribution in [0.4, 0.5) is 0 Å². The molecule has 1 aromatic heterocycles. The van der Waals surface area contributed by atoms with E-state index in [0.29, 0.717) is 12.4 Å². The van der Waals surface area contributed by atoms with Crippen molar-refractivity contribution in [3.8, 4) is 5.88 Å². The summed E-state index contributed by atoms with van der Waals surface area (Å²) in [7, 11) is 1.61. The number of hydrogen-bond acceptors (Lipinski definition) is 3. The van der Waals surface area contributed by atoms with Gasteiger partial charge in [-0.1, -0.05) is 35.9 Å². The second kappa shape index (κ2) is 11.9. The molecule has 2 aromatic rings. The molecule has 1 heterocycles. The summed E-state index contributed by atoms with van der Waals surface area (Å²) in [5.74, 6) is 1.36. The number of nitrogens with one attached hydrogen (secondary N) is 2. The van der Waals surface area contributed by atoms with Gasteiger partial charge in [0, 0.05) is 24.2 Å². The summed E-state index contributed by atoms with van der Waals surface area (Å²) in [6.07, 6.45) is 0.835. The minimum absolute atomic E-state index is 0. The van der Waals surface area contributed by atoms with E-state index in [2.05, 4.69) is 20.6 Å². The number of rotatable bonds is 7. The number of guanidine groups is 1. The highest BCUT2D eigenvalue weighted by Crippen LogP contribution is 2.14. The predicted octanol–water partition coefficient (Wildman–Crippen LogP) is 3.66. The maximum atomic E-state index is 6.18. The van der Waals surface area contributed by atoms with E-state index in [4.69, 9.17) is 16.3 Å². The molecule has 136 valence electrons. The molecule has 0 atom stereocenters. The summed E-state index contributed by atoms with van der Waals surface area (Å²) in [5.41, 5.74) is 1.98. The fraction of sp³-hybridized carbons (Fsp3) is 0.333. The minimum atomic E-state index is 0. The van der Waals surface area contributed by atoms with E-state index in [9.17, 15) is 0 Å². The van der Waals surface area contributed by atoms with Gasteiger partial charge in [-0.2, -0.15) is 0 Å². The Morgan fingerprint density at radius 3 is 2.68 bits per heavy atom. The number of aromatic nitrogens is 1. The van der Waals surface area contributed by atoms with Crippen molar-refractivity contribution in [3.05, 3.63) is 58.7 Å². The van der Waals surface area contributed by atoms with Crippen LogP contribution in [0.5, 0.6) is 5.88 Å². The lowest BCUT2D eigenvalue weighted by Crippen LogP contribution is -2.38. The van der Waals surface area contributed by atoms with Gasteiger partial charge in [-0.3, -0.25) is 0 Å². The highest BCUT2D eigenvalue weighted by molar-refractivity contribution is 14.0. The van der Waals surface area contributed by atoms with Gasteiger partial charge < -0.3 is 15.4 Å². The zero-order chi connectivity index (χ0) is 17.2. The van der Waals surface area contributed by atoms with Crippen LogP contribution >= 0.6 is 35.6 Å². The third-order valence-corrected chi connectivity index (χ3v) is 3.75. The molecule has 0 radical (unpaired) electrons. The molecule has 0 amide bonds. The highest BCUT2D eigenvalue weighted by Gasteiger charge is 2.02. The molecule has 0 saturated heterocycles. The molecular formula is C18H24ClIN4O. The van der Waals surface area contributed by atoms with Crippen molar-refractivity contribution in [2.24, 2.45) is 4.99 Å². The number of pyridine rings is 1. The third-order valence-electron chi connectivity index (χ3n) is 3.38. The summed E-state index contributed by atoms with van der Waals surface area (Å²) < 4.78 is 5.13. The van der Waals surface area contributed by atoms with E-state index in [1.165, 1.54) is 0 Å². The molecule has 0 aliphatic rings. The second-order valence-electron chi connectivity index (χ2n) is 5.13. The lowest BCUT2D eigenvalue weighted by Gasteiger charge is -2.12. The highest BCUT2D eigenvalue weighted by atomic mass is 127. The second-order valence-corrected chi connectivity index (χ2v) is 5.54. The monoisotopic (exact) mass is 474 g/mol. The lowest BCUT2D eigenvalue weighted by molar-refractivity contribution is 0.396. The Balaban J connectivity index is 0.00000312. The third kappa shape index (κ3) is 7.48. The van der Waals surface area contributed by atoms with Crippen LogP contribution in [0.1, 0.15) is 18.2 Å². The number of methoxy groups -OCH3 is 1. The first kappa shape index (κ1) is 21.5. The van der Waals surface area contributed by atoms with Crippen LogP contribution in [0.15, 0.2) is 47.5 Å². The summed E-state index contributed by atoms with van der Waals surface area (Å²) in [6.45, 7) is 4.07. The Bertz CT molecular complexity index is 682. The molecular weight excluding hydrogens is 451 g/mol. The molecule has 7 heteroatoms. The molecule has 0 aliphatic carbocycles. The van der Waals surface area contributed by atoms with Crippen molar-refractivity contribution in [2.45, 2.75) is 19.9 Å². The minimum Gasteiger partial charge on any atom is -0.481 e. The van der Waals surface area contributed by atoms with Crippen LogP contribution in [-0.4, -0.2) is 31.1 Å². The van der Waals surface area contributed by atoms with Gasteiger partial charge in [0.1, 0.15) is 0 Å². The molecule has 0 spiro atoms. The first-order valence-electron chi connectivity index (χ1n) is 7.98. The Morgan fingerprint density at radius 2 is 1.96 bits per heavy atom. The molecule has 1 aromatic carbocycles. The first-order valence-corrected chi connectivity index (χ1v) is 8.36. The average Bonchev–Trinajstić information content (AvgIpc) is 2.61. The van der Waals surface area contributed by atoms with Gasteiger partial charge in [0.25, 0.3) is 0 Å². The number of ether oxygens (including phenoxy) is 1. The number of hydrogen-bond donors (Lipinski definition) is 2. The number of benzene rings is 1. The number of halogens is 2. The van der Waals surface area contributed by atoms with Crippen molar-refractivity contribution in [1.82, 2.24) is 15.6 Å². The van der Waals surface area contributed by atoms with Crippen LogP contribution in [0.2, 0.25) is 5.02 Å². The SMILES string of the molecule is CCNC(=NCc1cccc(OC)n1)NCCc1ccccc1Cl.I. The molecule has 5 nitrogen and oxygen atoms in total. The van der Waals surface area contributed by atoms with Crippen molar-refractivity contribution < 1.29 is 4.74 Å². The van der Waals surface area contributed by atoms with E-state index in [-0.39, 0.29) is 24.0 Å². The average molecular weight is 475 g/mol. The molecule has 0 bridgehead atoms. The molecule has 2 N–H and O–H groups in total. The summed E-state index contributed by atoms with van der Waals surface area (Å²) >= 11 is 6.18. The maximum Gasteiger partial charge on any atom is 0.213 e. The number of aliphatic imine (C=N–C) groups is 1. The maximum absolute atomic E-state index is 6.18. The van der Waals surface area contributed by atoms with Crippen LogP contribution < -0.4 is 15.4 Å². The van der Waals surface area contributed by atoms with Crippen LogP contribution in [0, 0.1) is 0 Å². The van der Waals surface area contributed by atoms with Gasteiger partial charge in [0.15, 0.2) is 5.96 Å². The summed E-state index contributed by atoms with van der Waals surface area (Å²) in [6, 6.07) is 13.5. The molecule has 2 rings (SSSR count). The number of nitrogens with zero attached hydrogens (tertiary/aromatic N) is 2. The van der Waals surface area contributed by atoms with Crippen LogP contribution in [-0.2, 0) is 13.0 Å². The van der Waals surface area contributed by atoms with E-state index in [0.717, 1.165) is 41.7 Å². The summed E-state index contributed by atoms with van der Waals surface area (Å²) in [4.78, 5) is 8.92. The van der Waals surface area contributed by atoms with Crippen molar-refractivity contribution in [2.75, 3.05) is 20.2 Å². The molecule has 0 aliphatic heterocycles. The largest absolute Gasteiger partial charge is 0.481 e. The van der Waals surface area contributed by atoms with Crippen molar-refractivity contribution >= 4 is 41.5 Å². The predicted molar refractivity (Wildman–Crippen MR) is 114 cm³/mol. The van der Waals surface area contributed by atoms with E-state index < -0.39 is 0 Å². The van der Waals surface area contributed by atoms with Crippen molar-refractivity contribution in [1.29, 1.82) is 0 Å². The first-order chi connectivity index (χ1) is 11.7. The Labute approximate surface area is 171 Å². The van der Waals surface area contributed by atoms with E-state index in [1.54, 1.807) is 7.11 Å². The van der Waals surface area contributed by atoms with Crippen molar-refractivity contribution in [3.63, 3.8) is 0 Å². The lowest BCUT2D eigenvalue weighted by atomic mass is 10.1. The fourth-order valence-electron chi connectivity index (χ4n) is 2.18. The Kier molecular flexibility index (Phi) is 10.3. The Morgan fingerprint density at radius 1 is 1.16 bits per heavy atom. The summed E-state index contributed by atoms with van der Waals surface area (Å²) in [5, 5.41) is 7.34. The zero-order valence-corrected chi connectivity index (χ0v) is 17.5. The fourth-order valence-corrected chi connectivity index (χ4v) is 2.41. The van der Waals surface area contributed by atoms with Gasteiger partial charge in [-0.15, -0.1) is 24.0 Å². The quantitative estimate of drug-likeness (QED) is 0.365. The zero-order valence-electron chi connectivity index (χ0n) is 14.5. The molecule has 0 saturated carbocycles. The van der Waals surface area contributed by atoms with Gasteiger partial charge in [0.05, 0.1) is 19.3 Å². The normalized spacial score (nSPS) is 10.8. The Hall–Kier alpha value is -1.54. The van der Waals surface area contributed by atoms with Gasteiger partial charge >= 0.3 is 0 Å². The van der Waals surface area contributed by atoms with Gasteiger partial charge in [-0.05, 0) is 31.0 Å². The topological polar surface area (TPSA) is 58.5 Å². The van der Waals surface area contributed by atoms with E-state index in [1.807, 2.05) is 49.4 Å². The van der Waals surface area contributed by atoms with Crippen LogP contribution in [0.3, 0.4) is 0 Å². The molecule has 0 unspecified atom stereocenters.